The first kappa shape index (κ1) is 14.2. The predicted molar refractivity (Wildman–Crippen MR) is 82.2 cm³/mol. The first-order chi connectivity index (χ1) is 11.3. The summed E-state index contributed by atoms with van der Waals surface area (Å²) < 4.78 is 10.9. The van der Waals surface area contributed by atoms with Crippen LogP contribution < -0.4 is 0 Å². The fourth-order valence-corrected chi connectivity index (χ4v) is 2.85. The summed E-state index contributed by atoms with van der Waals surface area (Å²) in [5.74, 6) is 2.80. The van der Waals surface area contributed by atoms with Crippen LogP contribution in [0.4, 0.5) is 0 Å². The molecule has 0 aliphatic carbocycles. The van der Waals surface area contributed by atoms with E-state index in [1.807, 2.05) is 30.5 Å². The molecule has 4 heterocycles. The van der Waals surface area contributed by atoms with E-state index < -0.39 is 0 Å². The third-order valence-electron chi connectivity index (χ3n) is 4.01. The van der Waals surface area contributed by atoms with Gasteiger partial charge in [0.25, 0.3) is 0 Å². The van der Waals surface area contributed by atoms with E-state index in [0.717, 1.165) is 43.1 Å². The third-order valence-corrected chi connectivity index (χ3v) is 4.01. The number of hydrogen-bond acceptors (Lipinski definition) is 6. The van der Waals surface area contributed by atoms with Crippen molar-refractivity contribution >= 4 is 0 Å². The van der Waals surface area contributed by atoms with Crippen molar-refractivity contribution in [2.24, 2.45) is 0 Å². The van der Waals surface area contributed by atoms with Gasteiger partial charge in [-0.05, 0) is 24.3 Å². The minimum Gasteiger partial charge on any atom is -0.462 e. The van der Waals surface area contributed by atoms with Crippen molar-refractivity contribution in [1.82, 2.24) is 14.9 Å². The second-order valence-corrected chi connectivity index (χ2v) is 5.63. The number of rotatable bonds is 4. The molecular weight excluding hydrogens is 294 g/mol. The van der Waals surface area contributed by atoms with Gasteiger partial charge in [0.1, 0.15) is 18.1 Å². The van der Waals surface area contributed by atoms with Crippen molar-refractivity contribution in [2.75, 3.05) is 6.54 Å². The molecule has 0 aromatic carbocycles. The fourth-order valence-electron chi connectivity index (χ4n) is 2.85. The molecule has 0 unspecified atom stereocenters. The van der Waals surface area contributed by atoms with Gasteiger partial charge in [-0.2, -0.15) is 0 Å². The molecule has 3 aromatic rings. The summed E-state index contributed by atoms with van der Waals surface area (Å²) in [5, 5.41) is 9.06. The highest BCUT2D eigenvalue weighted by Crippen LogP contribution is 2.22. The highest BCUT2D eigenvalue weighted by atomic mass is 16.4. The summed E-state index contributed by atoms with van der Waals surface area (Å²) in [5.41, 5.74) is 2.22. The van der Waals surface area contributed by atoms with Crippen LogP contribution in [0.3, 0.4) is 0 Å². The van der Waals surface area contributed by atoms with Crippen molar-refractivity contribution in [3.63, 3.8) is 0 Å². The Balaban J connectivity index is 1.49. The van der Waals surface area contributed by atoms with Gasteiger partial charge in [0.05, 0.1) is 18.5 Å². The molecule has 0 radical (unpaired) electrons. The van der Waals surface area contributed by atoms with Gasteiger partial charge in [0.2, 0.25) is 0 Å². The summed E-state index contributed by atoms with van der Waals surface area (Å²) in [6.45, 7) is 2.37. The van der Waals surface area contributed by atoms with E-state index >= 15 is 0 Å². The molecule has 0 amide bonds. The molecule has 0 atom stereocenters. The molecule has 3 aromatic heterocycles. The van der Waals surface area contributed by atoms with E-state index in [1.54, 1.807) is 6.26 Å². The Morgan fingerprint density at radius 3 is 2.91 bits per heavy atom. The van der Waals surface area contributed by atoms with E-state index in [-0.39, 0.29) is 6.61 Å². The number of furan rings is 2. The van der Waals surface area contributed by atoms with Crippen molar-refractivity contribution < 1.29 is 13.9 Å². The lowest BCUT2D eigenvalue weighted by Crippen LogP contribution is -2.30. The maximum absolute atomic E-state index is 9.06. The van der Waals surface area contributed by atoms with Crippen LogP contribution in [0.2, 0.25) is 0 Å². The first-order valence-corrected chi connectivity index (χ1v) is 7.61. The largest absolute Gasteiger partial charge is 0.462 e. The lowest BCUT2D eigenvalue weighted by atomic mass is 10.1. The zero-order chi connectivity index (χ0) is 15.6. The van der Waals surface area contributed by atoms with Gasteiger partial charge in [-0.15, -0.1) is 0 Å². The molecule has 0 saturated heterocycles. The average Bonchev–Trinajstić information content (AvgIpc) is 3.26. The summed E-state index contributed by atoms with van der Waals surface area (Å²) in [6, 6.07) is 7.43. The highest BCUT2D eigenvalue weighted by Gasteiger charge is 2.20. The van der Waals surface area contributed by atoms with E-state index in [1.165, 1.54) is 0 Å². The molecule has 23 heavy (non-hydrogen) atoms. The Labute approximate surface area is 133 Å². The van der Waals surface area contributed by atoms with Gasteiger partial charge >= 0.3 is 0 Å². The van der Waals surface area contributed by atoms with Crippen molar-refractivity contribution in [2.45, 2.75) is 26.1 Å². The Morgan fingerprint density at radius 2 is 2.13 bits per heavy atom. The molecule has 0 bridgehead atoms. The lowest BCUT2D eigenvalue weighted by Gasteiger charge is -2.27. The molecule has 0 saturated carbocycles. The van der Waals surface area contributed by atoms with Crippen molar-refractivity contribution in [3.8, 4) is 11.6 Å². The molecule has 4 rings (SSSR count). The van der Waals surface area contributed by atoms with Crippen LogP contribution in [-0.2, 0) is 26.1 Å². The average molecular weight is 311 g/mol. The Kier molecular flexibility index (Phi) is 3.69. The van der Waals surface area contributed by atoms with Gasteiger partial charge in [-0.1, -0.05) is 0 Å². The van der Waals surface area contributed by atoms with Crippen LogP contribution in [0.15, 0.2) is 45.6 Å². The molecule has 0 fully saturated rings. The zero-order valence-corrected chi connectivity index (χ0v) is 12.6. The molecular formula is C17H17N3O3. The van der Waals surface area contributed by atoms with Crippen LogP contribution in [0, 0.1) is 0 Å². The second kappa shape index (κ2) is 5.98. The van der Waals surface area contributed by atoms with Crippen LogP contribution in [0.5, 0.6) is 0 Å². The highest BCUT2D eigenvalue weighted by molar-refractivity contribution is 5.46. The van der Waals surface area contributed by atoms with E-state index in [0.29, 0.717) is 17.3 Å². The Morgan fingerprint density at radius 1 is 1.22 bits per heavy atom. The maximum Gasteiger partial charge on any atom is 0.195 e. The zero-order valence-electron chi connectivity index (χ0n) is 12.6. The van der Waals surface area contributed by atoms with Gasteiger partial charge in [-0.3, -0.25) is 4.90 Å². The van der Waals surface area contributed by atoms with Gasteiger partial charge < -0.3 is 13.9 Å². The van der Waals surface area contributed by atoms with Crippen molar-refractivity contribution in [3.05, 3.63) is 59.5 Å². The molecule has 6 heteroatoms. The molecule has 6 nitrogen and oxygen atoms in total. The summed E-state index contributed by atoms with van der Waals surface area (Å²) in [6.07, 6.45) is 4.39. The number of aromatic nitrogens is 2. The predicted octanol–water partition coefficient (Wildman–Crippen LogP) is 2.38. The monoisotopic (exact) mass is 311 g/mol. The molecule has 1 aliphatic heterocycles. The number of aliphatic hydroxyl groups is 1. The number of aliphatic hydroxyl groups excluding tert-OH is 1. The van der Waals surface area contributed by atoms with Gasteiger partial charge in [0.15, 0.2) is 11.6 Å². The number of nitrogens with zero attached hydrogens (tertiary/aromatic N) is 3. The minimum atomic E-state index is -0.0633. The molecule has 118 valence electrons. The summed E-state index contributed by atoms with van der Waals surface area (Å²) in [4.78, 5) is 11.3. The smallest absolute Gasteiger partial charge is 0.195 e. The standard InChI is InChI=1S/C17H17N3O3/c21-11-14-4-3-13(23-14)10-20-6-5-15-12(9-20)8-18-17(19-15)16-2-1-7-22-16/h1-4,7-8,21H,5-6,9-11H2. The normalized spacial score (nSPS) is 14.8. The summed E-state index contributed by atoms with van der Waals surface area (Å²) in [7, 11) is 0. The quantitative estimate of drug-likeness (QED) is 0.797. The molecule has 0 spiro atoms. The SMILES string of the molecule is OCc1ccc(CN2CCc3nc(-c4ccco4)ncc3C2)o1. The van der Waals surface area contributed by atoms with Crippen LogP contribution in [-0.4, -0.2) is 26.5 Å². The Hall–Kier alpha value is -2.44. The number of fused-ring (bicyclic) bond motifs is 1. The fraction of sp³-hybridized carbons (Fsp3) is 0.294. The van der Waals surface area contributed by atoms with E-state index in [9.17, 15) is 0 Å². The van der Waals surface area contributed by atoms with Crippen LogP contribution >= 0.6 is 0 Å². The van der Waals surface area contributed by atoms with Crippen LogP contribution in [0.1, 0.15) is 22.8 Å². The summed E-state index contributed by atoms with van der Waals surface area (Å²) >= 11 is 0. The second-order valence-electron chi connectivity index (χ2n) is 5.63. The van der Waals surface area contributed by atoms with E-state index in [4.69, 9.17) is 13.9 Å². The maximum atomic E-state index is 9.06. The van der Waals surface area contributed by atoms with Crippen molar-refractivity contribution in [1.29, 1.82) is 0 Å². The third kappa shape index (κ3) is 2.91. The topological polar surface area (TPSA) is 75.5 Å². The number of hydrogen-bond donors (Lipinski definition) is 1. The molecule has 1 aliphatic rings. The minimum absolute atomic E-state index is 0.0633. The first-order valence-electron chi connectivity index (χ1n) is 7.61. The van der Waals surface area contributed by atoms with Gasteiger partial charge in [-0.25, -0.2) is 9.97 Å². The van der Waals surface area contributed by atoms with E-state index in [2.05, 4.69) is 14.9 Å². The lowest BCUT2D eigenvalue weighted by molar-refractivity contribution is 0.207. The molecule has 1 N–H and O–H groups in total. The van der Waals surface area contributed by atoms with Gasteiger partial charge in [0, 0.05) is 31.3 Å². The Bertz CT molecular complexity index is 795. The van der Waals surface area contributed by atoms with Crippen LogP contribution in [0.25, 0.3) is 11.6 Å².